The SMILES string of the molecule is C=CC(=O)N1[C@H](C)CN(c2nc(=O)n([C@H]3C(C)=CCN[C@H]3C(C)C)c3nc(-c4c(N)cccc4F)c(F)cc23)C[C@@H]1C. The molecule has 0 unspecified atom stereocenters. The fraction of sp³-hybridized carbons (Fsp3) is 0.419. The minimum absolute atomic E-state index is 0.0325. The number of halogens is 2. The third-order valence-corrected chi connectivity index (χ3v) is 8.34. The Morgan fingerprint density at radius 2 is 1.86 bits per heavy atom. The van der Waals surface area contributed by atoms with Gasteiger partial charge < -0.3 is 20.9 Å². The molecule has 5 rings (SSSR count). The minimum atomic E-state index is -0.788. The molecule has 0 bridgehead atoms. The molecule has 0 aliphatic carbocycles. The summed E-state index contributed by atoms with van der Waals surface area (Å²) in [5, 5.41) is 3.79. The first-order valence-corrected chi connectivity index (χ1v) is 14.2. The Morgan fingerprint density at radius 1 is 1.17 bits per heavy atom. The highest BCUT2D eigenvalue weighted by molar-refractivity contribution is 5.91. The van der Waals surface area contributed by atoms with E-state index in [2.05, 4.69) is 35.7 Å². The molecule has 222 valence electrons. The Hall–Kier alpha value is -4.12. The minimum Gasteiger partial charge on any atom is -0.398 e. The van der Waals surface area contributed by atoms with Gasteiger partial charge in [-0.25, -0.2) is 18.6 Å². The number of piperazine rings is 1. The second kappa shape index (κ2) is 11.3. The molecule has 4 heterocycles. The summed E-state index contributed by atoms with van der Waals surface area (Å²) in [6.07, 6.45) is 3.29. The van der Waals surface area contributed by atoms with Crippen LogP contribution in [0.25, 0.3) is 22.3 Å². The highest BCUT2D eigenvalue weighted by Crippen LogP contribution is 2.36. The fourth-order valence-electron chi connectivity index (χ4n) is 6.45. The zero-order valence-corrected chi connectivity index (χ0v) is 24.6. The Kier molecular flexibility index (Phi) is 7.89. The maximum atomic E-state index is 15.9. The maximum absolute atomic E-state index is 15.9. The molecule has 1 fully saturated rings. The predicted molar refractivity (Wildman–Crippen MR) is 161 cm³/mol. The molecular weight excluding hydrogens is 540 g/mol. The highest BCUT2D eigenvalue weighted by Gasteiger charge is 2.36. The number of hydrogen-bond donors (Lipinski definition) is 2. The predicted octanol–water partition coefficient (Wildman–Crippen LogP) is 4.05. The standard InChI is InChI=1S/C31H37F2N7O2/c1-7-24(41)39-18(5)14-38(15-19(39)6)29-20-13-22(33)27(25-21(32)9-8-10-23(25)34)36-30(20)40(31(42)37-29)28-17(4)11-12-35-26(28)16(2)3/h7-11,13,16,18-19,26,28,35H,1,12,14-15,34H2,2-6H3/t18-,19+,26-,28-/m0/s1. The summed E-state index contributed by atoms with van der Waals surface area (Å²) < 4.78 is 32.5. The first kappa shape index (κ1) is 29.4. The zero-order chi connectivity index (χ0) is 30.5. The maximum Gasteiger partial charge on any atom is 0.351 e. The average Bonchev–Trinajstić information content (AvgIpc) is 2.92. The summed E-state index contributed by atoms with van der Waals surface area (Å²) in [5.74, 6) is -1.29. The quantitative estimate of drug-likeness (QED) is 0.268. The van der Waals surface area contributed by atoms with Crippen LogP contribution >= 0.6 is 0 Å². The van der Waals surface area contributed by atoms with Crippen LogP contribution in [0.2, 0.25) is 0 Å². The Balaban J connectivity index is 1.78. The normalized spacial score (nSPS) is 22.9. The van der Waals surface area contributed by atoms with Crippen LogP contribution in [-0.4, -0.2) is 63.1 Å². The molecule has 0 saturated carbocycles. The number of nitrogens with one attached hydrogen (secondary N) is 1. The van der Waals surface area contributed by atoms with Gasteiger partial charge in [-0.15, -0.1) is 0 Å². The van der Waals surface area contributed by atoms with Gasteiger partial charge in [-0.1, -0.05) is 38.1 Å². The fourth-order valence-corrected chi connectivity index (χ4v) is 6.45. The molecule has 1 saturated heterocycles. The van der Waals surface area contributed by atoms with Crippen molar-refractivity contribution >= 4 is 28.4 Å². The summed E-state index contributed by atoms with van der Waals surface area (Å²) in [4.78, 5) is 39.3. The molecule has 0 radical (unpaired) electrons. The van der Waals surface area contributed by atoms with Crippen molar-refractivity contribution in [3.05, 3.63) is 70.7 Å². The van der Waals surface area contributed by atoms with Gasteiger partial charge >= 0.3 is 5.69 Å². The van der Waals surface area contributed by atoms with Gasteiger partial charge in [0.25, 0.3) is 0 Å². The van der Waals surface area contributed by atoms with E-state index in [4.69, 9.17) is 5.73 Å². The number of amides is 1. The molecule has 3 aromatic rings. The van der Waals surface area contributed by atoms with E-state index in [0.29, 0.717) is 25.0 Å². The van der Waals surface area contributed by atoms with Crippen molar-refractivity contribution in [2.24, 2.45) is 5.92 Å². The van der Waals surface area contributed by atoms with Gasteiger partial charge in [-0.3, -0.25) is 9.36 Å². The number of anilines is 2. The van der Waals surface area contributed by atoms with E-state index in [0.717, 1.165) is 5.57 Å². The van der Waals surface area contributed by atoms with Gasteiger partial charge in [0, 0.05) is 43.4 Å². The van der Waals surface area contributed by atoms with Crippen LogP contribution in [0.5, 0.6) is 0 Å². The van der Waals surface area contributed by atoms with Crippen LogP contribution in [0.4, 0.5) is 20.3 Å². The molecular formula is C31H37F2N7O2. The monoisotopic (exact) mass is 577 g/mol. The second-order valence-electron chi connectivity index (χ2n) is 11.6. The van der Waals surface area contributed by atoms with Crippen molar-refractivity contribution in [1.29, 1.82) is 0 Å². The van der Waals surface area contributed by atoms with E-state index in [-0.39, 0.29) is 58.4 Å². The lowest BCUT2D eigenvalue weighted by Gasteiger charge is -2.44. The molecule has 42 heavy (non-hydrogen) atoms. The van der Waals surface area contributed by atoms with Crippen LogP contribution in [0, 0.1) is 17.6 Å². The number of benzene rings is 1. The van der Waals surface area contributed by atoms with Gasteiger partial charge in [0.15, 0.2) is 5.82 Å². The number of carbonyl (C=O) groups excluding carboxylic acids is 1. The van der Waals surface area contributed by atoms with Crippen molar-refractivity contribution in [1.82, 2.24) is 24.8 Å². The molecule has 1 amide bonds. The number of nitrogens with two attached hydrogens (primary N) is 1. The topological polar surface area (TPSA) is 109 Å². The van der Waals surface area contributed by atoms with E-state index in [1.807, 2.05) is 31.7 Å². The number of nitrogen functional groups attached to an aromatic ring is 1. The Bertz CT molecular complexity index is 1620. The number of nitrogens with zero attached hydrogens (tertiary/aromatic N) is 5. The van der Waals surface area contributed by atoms with Crippen LogP contribution < -0.4 is 21.6 Å². The van der Waals surface area contributed by atoms with E-state index < -0.39 is 23.4 Å². The lowest BCUT2D eigenvalue weighted by molar-refractivity contribution is -0.130. The Morgan fingerprint density at radius 3 is 2.48 bits per heavy atom. The molecule has 4 atom stereocenters. The van der Waals surface area contributed by atoms with Crippen LogP contribution in [-0.2, 0) is 4.79 Å². The number of fused-ring (bicyclic) bond motifs is 1. The number of pyridine rings is 1. The van der Waals surface area contributed by atoms with Gasteiger partial charge in [-0.2, -0.15) is 4.98 Å². The summed E-state index contributed by atoms with van der Waals surface area (Å²) in [6.45, 7) is 14.8. The zero-order valence-electron chi connectivity index (χ0n) is 24.6. The number of hydrogen-bond acceptors (Lipinski definition) is 7. The Labute approximate surface area is 243 Å². The second-order valence-corrected chi connectivity index (χ2v) is 11.6. The third kappa shape index (κ3) is 4.95. The van der Waals surface area contributed by atoms with Gasteiger partial charge in [0.2, 0.25) is 5.91 Å². The third-order valence-electron chi connectivity index (χ3n) is 8.34. The van der Waals surface area contributed by atoms with Crippen LogP contribution in [0.1, 0.15) is 40.7 Å². The molecule has 2 aliphatic rings. The van der Waals surface area contributed by atoms with Gasteiger partial charge in [0.1, 0.15) is 23.0 Å². The summed E-state index contributed by atoms with van der Waals surface area (Å²) in [6, 6.07) is 4.33. The van der Waals surface area contributed by atoms with Crippen molar-refractivity contribution in [3.63, 3.8) is 0 Å². The smallest absolute Gasteiger partial charge is 0.351 e. The average molecular weight is 578 g/mol. The molecule has 2 aliphatic heterocycles. The number of aromatic nitrogens is 3. The first-order valence-electron chi connectivity index (χ1n) is 14.2. The van der Waals surface area contributed by atoms with Gasteiger partial charge in [-0.05, 0) is 51.0 Å². The van der Waals surface area contributed by atoms with Crippen molar-refractivity contribution in [2.45, 2.75) is 58.8 Å². The molecule has 1 aromatic carbocycles. The molecule has 0 spiro atoms. The number of carbonyl (C=O) groups is 1. The highest BCUT2D eigenvalue weighted by atomic mass is 19.1. The van der Waals surface area contributed by atoms with E-state index in [9.17, 15) is 9.59 Å². The first-order chi connectivity index (χ1) is 19.9. The molecule has 3 N–H and O–H groups in total. The number of rotatable bonds is 5. The van der Waals surface area contributed by atoms with Crippen molar-refractivity contribution in [2.75, 3.05) is 30.3 Å². The summed E-state index contributed by atoms with van der Waals surface area (Å²) in [5.41, 5.74) is 6.26. The lowest BCUT2D eigenvalue weighted by Crippen LogP contribution is -2.59. The van der Waals surface area contributed by atoms with Crippen LogP contribution in [0.15, 0.2) is 53.4 Å². The van der Waals surface area contributed by atoms with Crippen molar-refractivity contribution in [3.8, 4) is 11.3 Å². The lowest BCUT2D eigenvalue weighted by atomic mass is 9.88. The molecule has 9 nitrogen and oxygen atoms in total. The summed E-state index contributed by atoms with van der Waals surface area (Å²) >= 11 is 0. The van der Waals surface area contributed by atoms with Gasteiger partial charge in [0.05, 0.1) is 17.0 Å². The van der Waals surface area contributed by atoms with Crippen molar-refractivity contribution < 1.29 is 13.6 Å². The van der Waals surface area contributed by atoms with E-state index in [1.165, 1.54) is 34.9 Å². The van der Waals surface area contributed by atoms with E-state index >= 15 is 8.78 Å². The molecule has 2 aromatic heterocycles. The largest absolute Gasteiger partial charge is 0.398 e. The van der Waals surface area contributed by atoms with Crippen LogP contribution in [0.3, 0.4) is 0 Å². The molecule has 11 heteroatoms. The van der Waals surface area contributed by atoms with E-state index in [1.54, 1.807) is 4.90 Å². The summed E-state index contributed by atoms with van der Waals surface area (Å²) in [7, 11) is 0.